The SMILES string of the molecule is COc1ccc(NC(=O)C(C)OC(=O)COc2ccc(Cl)cc2Cl)c([N+](=O)[O-])c1. The number of anilines is 1. The van der Waals surface area contributed by atoms with Crippen molar-refractivity contribution < 1.29 is 28.7 Å². The molecule has 154 valence electrons. The number of benzene rings is 2. The van der Waals surface area contributed by atoms with E-state index in [1.807, 2.05) is 0 Å². The number of methoxy groups -OCH3 is 1. The first-order valence-electron chi connectivity index (χ1n) is 8.12. The molecule has 0 bridgehead atoms. The van der Waals surface area contributed by atoms with Crippen molar-refractivity contribution in [2.24, 2.45) is 0 Å². The molecule has 1 atom stereocenters. The third-order valence-corrected chi connectivity index (χ3v) is 4.11. The van der Waals surface area contributed by atoms with Gasteiger partial charge in [0.25, 0.3) is 11.6 Å². The van der Waals surface area contributed by atoms with Gasteiger partial charge in [-0.15, -0.1) is 0 Å². The summed E-state index contributed by atoms with van der Waals surface area (Å²) in [6.07, 6.45) is -1.23. The molecule has 11 heteroatoms. The molecule has 0 saturated heterocycles. The lowest BCUT2D eigenvalue weighted by Crippen LogP contribution is -2.31. The molecular formula is C18H16Cl2N2O7. The molecule has 0 aliphatic heterocycles. The van der Waals surface area contributed by atoms with E-state index in [-0.39, 0.29) is 27.9 Å². The van der Waals surface area contributed by atoms with E-state index in [2.05, 4.69) is 5.32 Å². The molecule has 0 saturated carbocycles. The lowest BCUT2D eigenvalue weighted by atomic mass is 10.2. The quantitative estimate of drug-likeness (QED) is 0.374. The second kappa shape index (κ2) is 9.94. The molecule has 0 spiro atoms. The first-order valence-corrected chi connectivity index (χ1v) is 8.87. The minimum absolute atomic E-state index is 0.0621. The zero-order valence-electron chi connectivity index (χ0n) is 15.3. The second-order valence-electron chi connectivity index (χ2n) is 5.62. The summed E-state index contributed by atoms with van der Waals surface area (Å²) in [7, 11) is 1.36. The number of nitrogens with one attached hydrogen (secondary N) is 1. The van der Waals surface area contributed by atoms with Crippen LogP contribution in [-0.4, -0.2) is 36.6 Å². The molecule has 29 heavy (non-hydrogen) atoms. The Morgan fingerprint density at radius 1 is 1.21 bits per heavy atom. The normalized spacial score (nSPS) is 11.3. The average molecular weight is 443 g/mol. The van der Waals surface area contributed by atoms with E-state index in [1.54, 1.807) is 0 Å². The first-order chi connectivity index (χ1) is 13.7. The molecule has 9 nitrogen and oxygen atoms in total. The van der Waals surface area contributed by atoms with Gasteiger partial charge in [-0.2, -0.15) is 0 Å². The number of esters is 1. The summed E-state index contributed by atoms with van der Waals surface area (Å²) >= 11 is 11.7. The van der Waals surface area contributed by atoms with Crippen molar-refractivity contribution in [2.45, 2.75) is 13.0 Å². The molecule has 2 aromatic carbocycles. The van der Waals surface area contributed by atoms with Gasteiger partial charge in [-0.25, -0.2) is 4.79 Å². The molecule has 1 amide bonds. The Hall–Kier alpha value is -3.04. The maximum absolute atomic E-state index is 12.2. The minimum atomic E-state index is -1.23. The van der Waals surface area contributed by atoms with Gasteiger partial charge >= 0.3 is 5.97 Å². The summed E-state index contributed by atoms with van der Waals surface area (Å²) in [5.74, 6) is -1.11. The van der Waals surface area contributed by atoms with E-state index in [1.165, 1.54) is 44.4 Å². The van der Waals surface area contributed by atoms with Gasteiger partial charge < -0.3 is 19.5 Å². The Morgan fingerprint density at radius 2 is 1.93 bits per heavy atom. The standard InChI is InChI=1S/C18H16Cl2N2O7/c1-10(29-17(23)9-28-16-6-3-11(19)7-13(16)20)18(24)21-14-5-4-12(27-2)8-15(14)22(25)26/h3-8,10H,9H2,1-2H3,(H,21,24). The third kappa shape index (κ3) is 6.23. The maximum atomic E-state index is 12.2. The van der Waals surface area contributed by atoms with Crippen molar-refractivity contribution in [1.29, 1.82) is 0 Å². The molecular weight excluding hydrogens is 427 g/mol. The number of hydrogen-bond donors (Lipinski definition) is 1. The smallest absolute Gasteiger partial charge is 0.344 e. The molecule has 0 heterocycles. The number of nitrogens with zero attached hydrogens (tertiary/aromatic N) is 1. The van der Waals surface area contributed by atoms with Gasteiger partial charge in [0.2, 0.25) is 0 Å². The van der Waals surface area contributed by atoms with Crippen molar-refractivity contribution in [1.82, 2.24) is 0 Å². The van der Waals surface area contributed by atoms with Crippen LogP contribution >= 0.6 is 23.2 Å². The summed E-state index contributed by atoms with van der Waals surface area (Å²) in [4.78, 5) is 34.6. The van der Waals surface area contributed by atoms with Crippen LogP contribution in [0.1, 0.15) is 6.92 Å². The summed E-state index contributed by atoms with van der Waals surface area (Å²) < 4.78 is 15.1. The number of hydrogen-bond acceptors (Lipinski definition) is 7. The van der Waals surface area contributed by atoms with Crippen LogP contribution in [0.25, 0.3) is 0 Å². The second-order valence-corrected chi connectivity index (χ2v) is 6.47. The highest BCUT2D eigenvalue weighted by molar-refractivity contribution is 6.35. The van der Waals surface area contributed by atoms with E-state index < -0.39 is 29.5 Å². The van der Waals surface area contributed by atoms with Gasteiger partial charge in [0.1, 0.15) is 17.2 Å². The van der Waals surface area contributed by atoms with Gasteiger partial charge in [0.05, 0.1) is 23.1 Å². The van der Waals surface area contributed by atoms with Gasteiger partial charge in [-0.1, -0.05) is 23.2 Å². The molecule has 2 rings (SSSR count). The Morgan fingerprint density at radius 3 is 2.55 bits per heavy atom. The average Bonchev–Trinajstić information content (AvgIpc) is 2.67. The largest absolute Gasteiger partial charge is 0.496 e. The van der Waals surface area contributed by atoms with Crippen LogP contribution in [0, 0.1) is 10.1 Å². The maximum Gasteiger partial charge on any atom is 0.344 e. The molecule has 0 radical (unpaired) electrons. The Bertz CT molecular complexity index is 936. The summed E-state index contributed by atoms with van der Waals surface area (Å²) in [6.45, 7) is 0.819. The number of nitro benzene ring substituents is 1. The van der Waals surface area contributed by atoms with Crippen molar-refractivity contribution in [2.75, 3.05) is 19.0 Å². The van der Waals surface area contributed by atoms with Gasteiger partial charge in [-0.05, 0) is 37.3 Å². The zero-order valence-corrected chi connectivity index (χ0v) is 16.8. The number of ether oxygens (including phenoxy) is 3. The molecule has 0 fully saturated rings. The summed E-state index contributed by atoms with van der Waals surface area (Å²) in [5, 5.41) is 14.1. The molecule has 1 N–H and O–H groups in total. The van der Waals surface area contributed by atoms with E-state index in [0.29, 0.717) is 5.02 Å². The predicted molar refractivity (Wildman–Crippen MR) is 106 cm³/mol. The summed E-state index contributed by atoms with van der Waals surface area (Å²) in [5.41, 5.74) is -0.426. The van der Waals surface area contributed by atoms with Crippen molar-refractivity contribution in [3.05, 3.63) is 56.6 Å². The predicted octanol–water partition coefficient (Wildman–Crippen LogP) is 3.86. The van der Waals surface area contributed by atoms with Crippen LogP contribution in [0.3, 0.4) is 0 Å². The van der Waals surface area contributed by atoms with E-state index >= 15 is 0 Å². The van der Waals surface area contributed by atoms with Crippen LogP contribution < -0.4 is 14.8 Å². The highest BCUT2D eigenvalue weighted by Crippen LogP contribution is 2.29. The highest BCUT2D eigenvalue weighted by Gasteiger charge is 2.23. The van der Waals surface area contributed by atoms with Crippen LogP contribution in [0.5, 0.6) is 11.5 Å². The molecule has 0 aliphatic rings. The summed E-state index contributed by atoms with van der Waals surface area (Å²) in [6, 6.07) is 8.39. The molecule has 1 unspecified atom stereocenters. The number of carbonyl (C=O) groups excluding carboxylic acids is 2. The molecule has 2 aromatic rings. The monoisotopic (exact) mass is 442 g/mol. The zero-order chi connectivity index (χ0) is 21.6. The van der Waals surface area contributed by atoms with Crippen LogP contribution in [0.15, 0.2) is 36.4 Å². The first kappa shape index (κ1) is 22.3. The lowest BCUT2D eigenvalue weighted by molar-refractivity contribution is -0.384. The number of halogens is 2. The Balaban J connectivity index is 1.95. The fourth-order valence-electron chi connectivity index (χ4n) is 2.14. The number of amides is 1. The van der Waals surface area contributed by atoms with Crippen LogP contribution in [0.2, 0.25) is 10.0 Å². The van der Waals surface area contributed by atoms with E-state index in [4.69, 9.17) is 37.4 Å². The fourth-order valence-corrected chi connectivity index (χ4v) is 2.61. The van der Waals surface area contributed by atoms with Gasteiger partial charge in [-0.3, -0.25) is 14.9 Å². The number of rotatable bonds is 8. The van der Waals surface area contributed by atoms with Crippen molar-refractivity contribution in [3.8, 4) is 11.5 Å². The van der Waals surface area contributed by atoms with Crippen molar-refractivity contribution in [3.63, 3.8) is 0 Å². The lowest BCUT2D eigenvalue weighted by Gasteiger charge is -2.14. The topological polar surface area (TPSA) is 117 Å². The minimum Gasteiger partial charge on any atom is -0.496 e. The number of carbonyl (C=O) groups is 2. The third-order valence-electron chi connectivity index (χ3n) is 3.58. The molecule has 0 aromatic heterocycles. The highest BCUT2D eigenvalue weighted by atomic mass is 35.5. The molecule has 0 aliphatic carbocycles. The van der Waals surface area contributed by atoms with Crippen LogP contribution in [0.4, 0.5) is 11.4 Å². The fraction of sp³-hybridized carbons (Fsp3) is 0.222. The Kier molecular flexibility index (Phi) is 7.63. The number of nitro groups is 1. The Labute approximate surface area is 175 Å². The van der Waals surface area contributed by atoms with Gasteiger partial charge in [0, 0.05) is 5.02 Å². The van der Waals surface area contributed by atoms with E-state index in [0.717, 1.165) is 6.07 Å². The van der Waals surface area contributed by atoms with Crippen LogP contribution in [-0.2, 0) is 14.3 Å². The van der Waals surface area contributed by atoms with Gasteiger partial charge in [0.15, 0.2) is 12.7 Å². The van der Waals surface area contributed by atoms with Crippen molar-refractivity contribution >= 4 is 46.5 Å². The van der Waals surface area contributed by atoms with E-state index in [9.17, 15) is 19.7 Å².